The molecule has 1 aromatic heterocycles. The highest BCUT2D eigenvalue weighted by Crippen LogP contribution is 2.31. The Bertz CT molecular complexity index is 654. The SMILES string of the molecule is CCN(CC)CCN1C(=O)CC[C@@H]2CN(C(=O)/C=C/c3cccs3)CC[C@@H]21. The fraction of sp³-hybridized carbons (Fsp3) is 0.619. The van der Waals surface area contributed by atoms with E-state index in [2.05, 4.69) is 23.6 Å². The van der Waals surface area contributed by atoms with E-state index in [-0.39, 0.29) is 5.91 Å². The minimum atomic E-state index is 0.0911. The molecule has 2 atom stereocenters. The number of piperidine rings is 2. The van der Waals surface area contributed by atoms with Crippen molar-refractivity contribution in [2.45, 2.75) is 39.2 Å². The van der Waals surface area contributed by atoms with Crippen molar-refractivity contribution in [3.63, 3.8) is 0 Å². The molecule has 2 aliphatic heterocycles. The summed E-state index contributed by atoms with van der Waals surface area (Å²) in [4.78, 5) is 32.6. The first-order valence-corrected chi connectivity index (χ1v) is 11.0. The Morgan fingerprint density at radius 3 is 2.85 bits per heavy atom. The lowest BCUT2D eigenvalue weighted by Crippen LogP contribution is -2.57. The molecular formula is C21H31N3O2S. The highest BCUT2D eigenvalue weighted by molar-refractivity contribution is 7.10. The fourth-order valence-corrected chi connectivity index (χ4v) is 4.89. The van der Waals surface area contributed by atoms with E-state index < -0.39 is 0 Å². The van der Waals surface area contributed by atoms with E-state index in [1.54, 1.807) is 17.4 Å². The second kappa shape index (κ2) is 9.51. The summed E-state index contributed by atoms with van der Waals surface area (Å²) in [5.74, 6) is 0.793. The number of nitrogens with zero attached hydrogens (tertiary/aromatic N) is 3. The third-order valence-electron chi connectivity index (χ3n) is 5.94. The molecule has 0 bridgehead atoms. The average molecular weight is 390 g/mol. The largest absolute Gasteiger partial charge is 0.339 e. The van der Waals surface area contributed by atoms with Gasteiger partial charge in [0.15, 0.2) is 0 Å². The van der Waals surface area contributed by atoms with Gasteiger partial charge in [-0.3, -0.25) is 9.59 Å². The molecule has 6 heteroatoms. The van der Waals surface area contributed by atoms with E-state index in [0.29, 0.717) is 24.3 Å². The van der Waals surface area contributed by atoms with E-state index >= 15 is 0 Å². The van der Waals surface area contributed by atoms with Crippen LogP contribution in [0.1, 0.15) is 38.0 Å². The van der Waals surface area contributed by atoms with Gasteiger partial charge in [0.2, 0.25) is 11.8 Å². The van der Waals surface area contributed by atoms with Gasteiger partial charge in [-0.05, 0) is 49.4 Å². The smallest absolute Gasteiger partial charge is 0.246 e. The lowest BCUT2D eigenvalue weighted by Gasteiger charge is -2.47. The first-order valence-electron chi connectivity index (χ1n) is 10.1. The number of fused-ring (bicyclic) bond motifs is 1. The third kappa shape index (κ3) is 4.99. The Kier molecular flexibility index (Phi) is 7.07. The molecule has 0 aromatic carbocycles. The third-order valence-corrected chi connectivity index (χ3v) is 6.78. The maximum Gasteiger partial charge on any atom is 0.246 e. The second-order valence-electron chi connectivity index (χ2n) is 7.40. The summed E-state index contributed by atoms with van der Waals surface area (Å²) < 4.78 is 0. The number of carbonyl (C=O) groups is 2. The molecule has 3 rings (SSSR count). The van der Waals surface area contributed by atoms with Crippen LogP contribution >= 0.6 is 11.3 Å². The van der Waals surface area contributed by atoms with E-state index in [1.807, 2.05) is 28.5 Å². The van der Waals surface area contributed by atoms with Crippen LogP contribution in [0.15, 0.2) is 23.6 Å². The minimum Gasteiger partial charge on any atom is -0.339 e. The Labute approximate surface area is 166 Å². The molecule has 2 fully saturated rings. The van der Waals surface area contributed by atoms with E-state index in [0.717, 1.165) is 57.0 Å². The second-order valence-corrected chi connectivity index (χ2v) is 8.38. The van der Waals surface area contributed by atoms with Crippen LogP contribution in [0.4, 0.5) is 0 Å². The summed E-state index contributed by atoms with van der Waals surface area (Å²) in [6, 6.07) is 4.31. The highest BCUT2D eigenvalue weighted by atomic mass is 32.1. The topological polar surface area (TPSA) is 43.9 Å². The van der Waals surface area contributed by atoms with Crippen molar-refractivity contribution in [3.05, 3.63) is 28.5 Å². The lowest BCUT2D eigenvalue weighted by molar-refractivity contribution is -0.143. The normalized spacial score (nSPS) is 23.3. The van der Waals surface area contributed by atoms with Gasteiger partial charge in [0, 0.05) is 49.6 Å². The van der Waals surface area contributed by atoms with Crippen LogP contribution in [0, 0.1) is 5.92 Å². The predicted molar refractivity (Wildman–Crippen MR) is 111 cm³/mol. The number of thiophene rings is 1. The molecule has 0 aliphatic carbocycles. The van der Waals surface area contributed by atoms with Gasteiger partial charge >= 0.3 is 0 Å². The summed E-state index contributed by atoms with van der Waals surface area (Å²) >= 11 is 1.64. The first kappa shape index (κ1) is 20.1. The maximum atomic E-state index is 12.6. The standard InChI is InChI=1S/C21H31N3O2S/c1-3-22(4-2)13-14-24-19-11-12-23(16-17(19)7-9-21(24)26)20(25)10-8-18-6-5-15-27-18/h5-6,8,10,15,17,19H,3-4,7,9,11-14,16H2,1-2H3/b10-8+/t17-,19+/m1/s1. The molecule has 0 radical (unpaired) electrons. The molecule has 2 saturated heterocycles. The quantitative estimate of drug-likeness (QED) is 0.674. The minimum absolute atomic E-state index is 0.0911. The van der Waals surface area contributed by atoms with Gasteiger partial charge in [-0.1, -0.05) is 19.9 Å². The Balaban J connectivity index is 1.57. The lowest BCUT2D eigenvalue weighted by atomic mass is 9.83. The number of hydrogen-bond donors (Lipinski definition) is 0. The zero-order valence-electron chi connectivity index (χ0n) is 16.5. The summed E-state index contributed by atoms with van der Waals surface area (Å²) in [5, 5.41) is 2.02. The number of carbonyl (C=O) groups excluding carboxylic acids is 2. The van der Waals surface area contributed by atoms with Crippen molar-refractivity contribution in [2.75, 3.05) is 39.3 Å². The molecule has 0 N–H and O–H groups in total. The average Bonchev–Trinajstić information content (AvgIpc) is 3.21. The van der Waals surface area contributed by atoms with Crippen LogP contribution in [0.3, 0.4) is 0 Å². The highest BCUT2D eigenvalue weighted by Gasteiger charge is 2.39. The molecule has 148 valence electrons. The predicted octanol–water partition coefficient (Wildman–Crippen LogP) is 2.94. The molecule has 0 unspecified atom stereocenters. The van der Waals surface area contributed by atoms with Crippen LogP contribution in [0.5, 0.6) is 0 Å². The van der Waals surface area contributed by atoms with Crippen molar-refractivity contribution in [1.29, 1.82) is 0 Å². The zero-order valence-corrected chi connectivity index (χ0v) is 17.3. The summed E-state index contributed by atoms with van der Waals surface area (Å²) in [6.07, 6.45) is 6.02. The van der Waals surface area contributed by atoms with Crippen molar-refractivity contribution < 1.29 is 9.59 Å². The zero-order chi connectivity index (χ0) is 19.2. The van der Waals surface area contributed by atoms with Gasteiger partial charge < -0.3 is 14.7 Å². The Morgan fingerprint density at radius 2 is 2.15 bits per heavy atom. The van der Waals surface area contributed by atoms with E-state index in [4.69, 9.17) is 0 Å². The van der Waals surface area contributed by atoms with E-state index in [1.165, 1.54) is 0 Å². The number of amides is 2. The Hall–Kier alpha value is -1.66. The van der Waals surface area contributed by atoms with Crippen molar-refractivity contribution in [3.8, 4) is 0 Å². The molecule has 0 spiro atoms. The van der Waals surface area contributed by atoms with Gasteiger partial charge in [0.25, 0.3) is 0 Å². The molecule has 27 heavy (non-hydrogen) atoms. The number of likely N-dealkylation sites (N-methyl/N-ethyl adjacent to an activating group) is 1. The van der Waals surface area contributed by atoms with Gasteiger partial charge in [0.1, 0.15) is 0 Å². The molecule has 0 saturated carbocycles. The van der Waals surface area contributed by atoms with Gasteiger partial charge in [0.05, 0.1) is 0 Å². The Morgan fingerprint density at radius 1 is 1.33 bits per heavy atom. The number of hydrogen-bond acceptors (Lipinski definition) is 4. The first-order chi connectivity index (χ1) is 13.1. The molecule has 1 aromatic rings. The van der Waals surface area contributed by atoms with E-state index in [9.17, 15) is 9.59 Å². The van der Waals surface area contributed by atoms with Gasteiger partial charge in [-0.2, -0.15) is 0 Å². The van der Waals surface area contributed by atoms with Crippen LogP contribution < -0.4 is 0 Å². The monoisotopic (exact) mass is 389 g/mol. The number of likely N-dealkylation sites (tertiary alicyclic amines) is 2. The molecule has 2 aliphatic rings. The molecular weight excluding hydrogens is 358 g/mol. The van der Waals surface area contributed by atoms with Crippen molar-refractivity contribution >= 4 is 29.2 Å². The molecule has 2 amide bonds. The van der Waals surface area contributed by atoms with Crippen LogP contribution in [-0.4, -0.2) is 71.8 Å². The van der Waals surface area contributed by atoms with Gasteiger partial charge in [-0.15, -0.1) is 11.3 Å². The van der Waals surface area contributed by atoms with Crippen molar-refractivity contribution in [1.82, 2.24) is 14.7 Å². The van der Waals surface area contributed by atoms with Gasteiger partial charge in [-0.25, -0.2) is 0 Å². The maximum absolute atomic E-state index is 12.6. The number of rotatable bonds is 7. The summed E-state index contributed by atoms with van der Waals surface area (Å²) in [6.45, 7) is 9.63. The van der Waals surface area contributed by atoms with Crippen molar-refractivity contribution in [2.24, 2.45) is 5.92 Å². The van der Waals surface area contributed by atoms with Crippen LogP contribution in [0.25, 0.3) is 6.08 Å². The molecule has 3 heterocycles. The summed E-state index contributed by atoms with van der Waals surface area (Å²) in [5.41, 5.74) is 0. The fourth-order valence-electron chi connectivity index (χ4n) is 4.28. The summed E-state index contributed by atoms with van der Waals surface area (Å²) in [7, 11) is 0. The van der Waals surface area contributed by atoms with Crippen LogP contribution in [-0.2, 0) is 9.59 Å². The van der Waals surface area contributed by atoms with Crippen LogP contribution in [0.2, 0.25) is 0 Å². The molecule has 5 nitrogen and oxygen atoms in total.